The van der Waals surface area contributed by atoms with Gasteiger partial charge < -0.3 is 5.32 Å². The lowest BCUT2D eigenvalue weighted by molar-refractivity contribution is -0.138. The summed E-state index contributed by atoms with van der Waals surface area (Å²) in [5.74, 6) is 0. The fourth-order valence-electron chi connectivity index (χ4n) is 2.05. The second kappa shape index (κ2) is 7.29. The summed E-state index contributed by atoms with van der Waals surface area (Å²) < 4.78 is 38.6. The summed E-state index contributed by atoms with van der Waals surface area (Å²) in [6.07, 6.45) is -0.259. The third kappa shape index (κ3) is 4.80. The monoisotopic (exact) mass is 337 g/mol. The van der Waals surface area contributed by atoms with Crippen molar-refractivity contribution in [3.63, 3.8) is 0 Å². The molecule has 5 heteroatoms. The van der Waals surface area contributed by atoms with E-state index in [-0.39, 0.29) is 10.5 Å². The standard InChI is InChI=1S/C14H19BrF3N/c1-3-4-5-6-13(19-2)10-7-8-12(15)11(9-10)14(16,17)18/h7-9,13,19H,3-6H2,1-2H3. The molecule has 0 saturated carbocycles. The van der Waals surface area contributed by atoms with E-state index >= 15 is 0 Å². The van der Waals surface area contributed by atoms with E-state index in [1.807, 2.05) is 0 Å². The molecule has 0 spiro atoms. The first-order valence-corrected chi connectivity index (χ1v) is 7.23. The minimum absolute atomic E-state index is 0.0271. The van der Waals surface area contributed by atoms with Gasteiger partial charge in [-0.3, -0.25) is 0 Å². The fraction of sp³-hybridized carbons (Fsp3) is 0.571. The van der Waals surface area contributed by atoms with Crippen molar-refractivity contribution in [3.8, 4) is 0 Å². The van der Waals surface area contributed by atoms with Gasteiger partial charge in [0, 0.05) is 10.5 Å². The number of hydrogen-bond acceptors (Lipinski definition) is 1. The Hall–Kier alpha value is -0.550. The van der Waals surface area contributed by atoms with Crippen LogP contribution in [0.15, 0.2) is 22.7 Å². The number of nitrogens with one attached hydrogen (secondary N) is 1. The zero-order valence-electron chi connectivity index (χ0n) is 11.1. The van der Waals surface area contributed by atoms with Gasteiger partial charge in [0.05, 0.1) is 5.56 Å². The molecular formula is C14H19BrF3N. The first-order chi connectivity index (χ1) is 8.90. The highest BCUT2D eigenvalue weighted by molar-refractivity contribution is 9.10. The highest BCUT2D eigenvalue weighted by Gasteiger charge is 2.33. The van der Waals surface area contributed by atoms with Gasteiger partial charge in [-0.1, -0.05) is 48.2 Å². The van der Waals surface area contributed by atoms with Crippen LogP contribution in [0.1, 0.15) is 49.8 Å². The molecule has 0 heterocycles. The van der Waals surface area contributed by atoms with Crippen LogP contribution in [-0.2, 0) is 6.18 Å². The molecule has 1 atom stereocenters. The van der Waals surface area contributed by atoms with Gasteiger partial charge in [-0.25, -0.2) is 0 Å². The summed E-state index contributed by atoms with van der Waals surface area (Å²) in [5, 5.41) is 3.09. The van der Waals surface area contributed by atoms with Gasteiger partial charge in [0.1, 0.15) is 0 Å². The van der Waals surface area contributed by atoms with Crippen molar-refractivity contribution in [2.45, 2.75) is 44.8 Å². The molecule has 1 aromatic carbocycles. The normalized spacial score (nSPS) is 13.6. The molecule has 1 nitrogen and oxygen atoms in total. The largest absolute Gasteiger partial charge is 0.417 e. The Morgan fingerprint density at radius 2 is 1.95 bits per heavy atom. The van der Waals surface area contributed by atoms with Crippen LogP contribution < -0.4 is 5.32 Å². The van der Waals surface area contributed by atoms with Gasteiger partial charge in [0.25, 0.3) is 0 Å². The van der Waals surface area contributed by atoms with E-state index < -0.39 is 11.7 Å². The molecule has 0 aliphatic carbocycles. The summed E-state index contributed by atoms with van der Waals surface area (Å²) >= 11 is 2.96. The van der Waals surface area contributed by atoms with Crippen molar-refractivity contribution in [1.82, 2.24) is 5.32 Å². The number of benzene rings is 1. The maximum absolute atomic E-state index is 12.9. The Labute approximate surface area is 120 Å². The van der Waals surface area contributed by atoms with Crippen LogP contribution in [-0.4, -0.2) is 7.05 Å². The van der Waals surface area contributed by atoms with Gasteiger partial charge in [-0.05, 0) is 31.2 Å². The molecule has 1 rings (SSSR count). The Bertz CT molecular complexity index is 404. The van der Waals surface area contributed by atoms with Crippen molar-refractivity contribution < 1.29 is 13.2 Å². The third-order valence-electron chi connectivity index (χ3n) is 3.14. The SMILES string of the molecule is CCCCCC(NC)c1ccc(Br)c(C(F)(F)F)c1. The smallest absolute Gasteiger partial charge is 0.313 e. The van der Waals surface area contributed by atoms with Crippen molar-refractivity contribution in [3.05, 3.63) is 33.8 Å². The van der Waals surface area contributed by atoms with E-state index in [4.69, 9.17) is 0 Å². The molecule has 0 fully saturated rings. The molecule has 0 aliphatic heterocycles. The summed E-state index contributed by atoms with van der Waals surface area (Å²) in [6.45, 7) is 2.11. The predicted octanol–water partition coefficient (Wildman–Crippen LogP) is 5.31. The quantitative estimate of drug-likeness (QED) is 0.693. The summed E-state index contributed by atoms with van der Waals surface area (Å²) in [5.41, 5.74) is 0.0786. The maximum atomic E-state index is 12.9. The second-order valence-electron chi connectivity index (χ2n) is 4.57. The van der Waals surface area contributed by atoms with E-state index in [1.165, 1.54) is 12.1 Å². The fourth-order valence-corrected chi connectivity index (χ4v) is 2.52. The van der Waals surface area contributed by atoms with Crippen molar-refractivity contribution in [2.24, 2.45) is 0 Å². The van der Waals surface area contributed by atoms with Crippen molar-refractivity contribution >= 4 is 15.9 Å². The minimum Gasteiger partial charge on any atom is -0.313 e. The van der Waals surface area contributed by atoms with Gasteiger partial charge in [-0.15, -0.1) is 0 Å². The van der Waals surface area contributed by atoms with Gasteiger partial charge in [0.2, 0.25) is 0 Å². The molecule has 108 valence electrons. The van der Waals surface area contributed by atoms with Crippen LogP contribution in [0.4, 0.5) is 13.2 Å². The Balaban J connectivity index is 2.93. The number of hydrogen-bond donors (Lipinski definition) is 1. The van der Waals surface area contributed by atoms with Gasteiger partial charge >= 0.3 is 6.18 Å². The van der Waals surface area contributed by atoms with Crippen LogP contribution in [0.5, 0.6) is 0 Å². The predicted molar refractivity (Wildman–Crippen MR) is 75.1 cm³/mol. The lowest BCUT2D eigenvalue weighted by Crippen LogP contribution is -2.17. The first kappa shape index (κ1) is 16.5. The van der Waals surface area contributed by atoms with Crippen LogP contribution in [0.2, 0.25) is 0 Å². The maximum Gasteiger partial charge on any atom is 0.417 e. The number of alkyl halides is 3. The van der Waals surface area contributed by atoms with Crippen LogP contribution >= 0.6 is 15.9 Å². The average molecular weight is 338 g/mol. The summed E-state index contributed by atoms with van der Waals surface area (Å²) in [7, 11) is 1.78. The number of halogens is 4. The second-order valence-corrected chi connectivity index (χ2v) is 5.43. The van der Waals surface area contributed by atoms with Crippen molar-refractivity contribution in [1.29, 1.82) is 0 Å². The highest BCUT2D eigenvalue weighted by atomic mass is 79.9. The molecule has 0 saturated heterocycles. The molecule has 0 aromatic heterocycles. The van der Waals surface area contributed by atoms with Gasteiger partial charge in [0.15, 0.2) is 0 Å². The number of unbranched alkanes of at least 4 members (excludes halogenated alkanes) is 2. The molecule has 1 aromatic rings. The molecule has 0 aliphatic rings. The van der Waals surface area contributed by atoms with Gasteiger partial charge in [-0.2, -0.15) is 13.2 Å². The summed E-state index contributed by atoms with van der Waals surface area (Å²) in [4.78, 5) is 0. The molecule has 0 bridgehead atoms. The zero-order valence-corrected chi connectivity index (χ0v) is 12.7. The lowest BCUT2D eigenvalue weighted by Gasteiger charge is -2.19. The van der Waals surface area contributed by atoms with E-state index in [9.17, 15) is 13.2 Å². The molecule has 19 heavy (non-hydrogen) atoms. The zero-order chi connectivity index (χ0) is 14.5. The Morgan fingerprint density at radius 1 is 1.26 bits per heavy atom. The van der Waals surface area contributed by atoms with E-state index in [1.54, 1.807) is 13.1 Å². The Kier molecular flexibility index (Phi) is 6.33. The molecular weight excluding hydrogens is 319 g/mol. The van der Waals surface area contributed by atoms with Crippen LogP contribution in [0.25, 0.3) is 0 Å². The van der Waals surface area contributed by atoms with Crippen LogP contribution in [0, 0.1) is 0 Å². The molecule has 1 N–H and O–H groups in total. The minimum atomic E-state index is -4.32. The third-order valence-corrected chi connectivity index (χ3v) is 3.83. The van der Waals surface area contributed by atoms with E-state index in [0.717, 1.165) is 25.7 Å². The van der Waals surface area contributed by atoms with Crippen molar-refractivity contribution in [2.75, 3.05) is 7.05 Å². The topological polar surface area (TPSA) is 12.0 Å². The lowest BCUT2D eigenvalue weighted by atomic mass is 9.98. The van der Waals surface area contributed by atoms with E-state index in [2.05, 4.69) is 28.2 Å². The highest BCUT2D eigenvalue weighted by Crippen LogP contribution is 2.36. The first-order valence-electron chi connectivity index (χ1n) is 6.44. The van der Waals surface area contributed by atoms with E-state index in [0.29, 0.717) is 5.56 Å². The number of rotatable bonds is 6. The molecule has 1 unspecified atom stereocenters. The summed E-state index contributed by atoms with van der Waals surface area (Å²) in [6, 6.07) is 4.42. The Morgan fingerprint density at radius 3 is 2.47 bits per heavy atom. The van der Waals surface area contributed by atoms with Crippen LogP contribution in [0.3, 0.4) is 0 Å². The molecule has 0 radical (unpaired) electrons. The average Bonchev–Trinajstić information content (AvgIpc) is 2.34. The molecule has 0 amide bonds.